The van der Waals surface area contributed by atoms with Gasteiger partial charge in [-0.2, -0.15) is 0 Å². The highest BCUT2D eigenvalue weighted by Crippen LogP contribution is 2.41. The summed E-state index contributed by atoms with van der Waals surface area (Å²) in [6.45, 7) is 5.21. The fraction of sp³-hybridized carbons (Fsp3) is 0.538. The fourth-order valence-corrected chi connectivity index (χ4v) is 2.55. The Morgan fingerprint density at radius 3 is 2.76 bits per heavy atom. The fourth-order valence-electron chi connectivity index (χ4n) is 2.15. The Bertz CT molecular complexity index is 418. The molecule has 1 aromatic rings. The minimum atomic E-state index is 0.110. The summed E-state index contributed by atoms with van der Waals surface area (Å²) in [5.74, 6) is 1.43. The van der Waals surface area contributed by atoms with Gasteiger partial charge in [0.1, 0.15) is 13.2 Å². The number of hydrogen-bond donors (Lipinski definition) is 1. The Hall–Kier alpha value is -0.930. The van der Waals surface area contributed by atoms with Gasteiger partial charge in [-0.1, -0.05) is 18.5 Å². The van der Waals surface area contributed by atoms with Crippen LogP contribution >= 0.6 is 11.6 Å². The Morgan fingerprint density at radius 2 is 2.12 bits per heavy atom. The van der Waals surface area contributed by atoms with Crippen LogP contribution in [0.2, 0.25) is 5.02 Å². The van der Waals surface area contributed by atoms with Crippen LogP contribution in [0.3, 0.4) is 0 Å². The van der Waals surface area contributed by atoms with Crippen LogP contribution in [-0.4, -0.2) is 19.3 Å². The first kappa shape index (κ1) is 12.5. The number of rotatable bonds is 3. The van der Waals surface area contributed by atoms with E-state index in [1.165, 1.54) is 0 Å². The van der Waals surface area contributed by atoms with Crippen molar-refractivity contribution in [2.24, 2.45) is 5.73 Å². The lowest BCUT2D eigenvalue weighted by atomic mass is 9.98. The van der Waals surface area contributed by atoms with Gasteiger partial charge in [-0.05, 0) is 37.0 Å². The molecule has 1 unspecified atom stereocenters. The Balaban J connectivity index is 2.48. The molecule has 1 aromatic carbocycles. The number of halogens is 1. The van der Waals surface area contributed by atoms with Crippen LogP contribution < -0.4 is 15.2 Å². The van der Waals surface area contributed by atoms with E-state index in [9.17, 15) is 0 Å². The predicted molar refractivity (Wildman–Crippen MR) is 69.2 cm³/mol. The van der Waals surface area contributed by atoms with Gasteiger partial charge in [0.25, 0.3) is 0 Å². The zero-order chi connectivity index (χ0) is 12.4. The summed E-state index contributed by atoms with van der Waals surface area (Å²) in [5.41, 5.74) is 8.14. The van der Waals surface area contributed by atoms with Gasteiger partial charge >= 0.3 is 0 Å². The van der Waals surface area contributed by atoms with E-state index in [1.54, 1.807) is 0 Å². The van der Waals surface area contributed by atoms with Crippen LogP contribution in [0.1, 0.15) is 25.0 Å². The van der Waals surface area contributed by atoms with Crippen LogP contribution in [0, 0.1) is 0 Å². The van der Waals surface area contributed by atoms with Gasteiger partial charge in [0.15, 0.2) is 11.5 Å². The van der Waals surface area contributed by atoms with Gasteiger partial charge in [0.2, 0.25) is 0 Å². The molecule has 1 atom stereocenters. The molecule has 1 heterocycles. The lowest BCUT2D eigenvalue weighted by Gasteiger charge is -2.23. The van der Waals surface area contributed by atoms with E-state index in [0.29, 0.717) is 24.0 Å². The van der Waals surface area contributed by atoms with E-state index in [-0.39, 0.29) is 6.04 Å². The Morgan fingerprint density at radius 1 is 1.41 bits per heavy atom. The number of fused-ring (bicyclic) bond motifs is 1. The highest BCUT2D eigenvalue weighted by atomic mass is 35.5. The van der Waals surface area contributed by atoms with Crippen LogP contribution in [0.5, 0.6) is 11.5 Å². The maximum atomic E-state index is 6.37. The average molecular weight is 256 g/mol. The molecule has 0 bridgehead atoms. The van der Waals surface area contributed by atoms with Gasteiger partial charge in [0.05, 0.1) is 5.02 Å². The molecule has 17 heavy (non-hydrogen) atoms. The van der Waals surface area contributed by atoms with Gasteiger partial charge in [-0.3, -0.25) is 0 Å². The van der Waals surface area contributed by atoms with Crippen molar-refractivity contribution in [2.45, 2.75) is 32.7 Å². The van der Waals surface area contributed by atoms with Crippen molar-refractivity contribution >= 4 is 11.6 Å². The second-order valence-electron chi connectivity index (χ2n) is 4.39. The largest absolute Gasteiger partial charge is 0.486 e. The molecule has 0 fully saturated rings. The molecule has 3 nitrogen and oxygen atoms in total. The highest BCUT2D eigenvalue weighted by Gasteiger charge is 2.21. The standard InChI is InChI=1S/C13H18ClNO2/c1-3-10-9(6-8(2)15)7-11-13(12(10)14)17-5-4-16-11/h7-8H,3-6,15H2,1-2H3. The first-order chi connectivity index (χ1) is 8.13. The molecule has 2 N–H and O–H groups in total. The molecule has 94 valence electrons. The van der Waals surface area contributed by atoms with Crippen molar-refractivity contribution in [2.75, 3.05) is 13.2 Å². The van der Waals surface area contributed by atoms with Gasteiger partial charge in [0, 0.05) is 6.04 Å². The molecule has 0 saturated heterocycles. The molecular formula is C13H18ClNO2. The minimum absolute atomic E-state index is 0.110. The van der Waals surface area contributed by atoms with Gasteiger partial charge < -0.3 is 15.2 Å². The number of benzene rings is 1. The molecule has 0 radical (unpaired) electrons. The second-order valence-corrected chi connectivity index (χ2v) is 4.77. The zero-order valence-corrected chi connectivity index (χ0v) is 11.0. The molecule has 0 amide bonds. The van der Waals surface area contributed by atoms with Crippen molar-refractivity contribution < 1.29 is 9.47 Å². The van der Waals surface area contributed by atoms with Crippen molar-refractivity contribution in [1.29, 1.82) is 0 Å². The average Bonchev–Trinajstić information content (AvgIpc) is 2.29. The highest BCUT2D eigenvalue weighted by molar-refractivity contribution is 6.33. The smallest absolute Gasteiger partial charge is 0.180 e. The topological polar surface area (TPSA) is 44.5 Å². The third kappa shape index (κ3) is 2.50. The number of ether oxygens (including phenoxy) is 2. The van der Waals surface area contributed by atoms with Crippen molar-refractivity contribution in [3.63, 3.8) is 0 Å². The molecule has 1 aliphatic heterocycles. The first-order valence-corrected chi connectivity index (χ1v) is 6.36. The van der Waals surface area contributed by atoms with E-state index in [2.05, 4.69) is 6.92 Å². The van der Waals surface area contributed by atoms with Crippen LogP contribution in [-0.2, 0) is 12.8 Å². The molecule has 2 rings (SSSR count). The van der Waals surface area contributed by atoms with E-state index in [4.69, 9.17) is 26.8 Å². The Labute approximate surface area is 107 Å². The van der Waals surface area contributed by atoms with E-state index < -0.39 is 0 Å². The summed E-state index contributed by atoms with van der Waals surface area (Å²) in [6, 6.07) is 2.13. The van der Waals surface area contributed by atoms with E-state index in [1.807, 2.05) is 13.0 Å². The molecule has 0 aromatic heterocycles. The lowest BCUT2D eigenvalue weighted by Crippen LogP contribution is -2.20. The third-order valence-electron chi connectivity index (χ3n) is 2.86. The predicted octanol–water partition coefficient (Wildman–Crippen LogP) is 2.56. The lowest BCUT2D eigenvalue weighted by molar-refractivity contribution is 0.171. The van der Waals surface area contributed by atoms with Crippen LogP contribution in [0.25, 0.3) is 0 Å². The van der Waals surface area contributed by atoms with Crippen LogP contribution in [0.15, 0.2) is 6.07 Å². The van der Waals surface area contributed by atoms with E-state index >= 15 is 0 Å². The zero-order valence-electron chi connectivity index (χ0n) is 10.3. The quantitative estimate of drug-likeness (QED) is 0.903. The second kappa shape index (κ2) is 5.15. The summed E-state index contributed by atoms with van der Waals surface area (Å²) in [6.07, 6.45) is 1.68. The summed E-state index contributed by atoms with van der Waals surface area (Å²) in [5, 5.41) is 0.681. The maximum absolute atomic E-state index is 6.37. The molecule has 0 spiro atoms. The summed E-state index contributed by atoms with van der Waals surface area (Å²) >= 11 is 6.37. The molecule has 1 aliphatic rings. The maximum Gasteiger partial charge on any atom is 0.180 e. The SMILES string of the molecule is CCc1c(CC(C)N)cc2c(c1Cl)OCCO2. The van der Waals surface area contributed by atoms with Gasteiger partial charge in [-0.15, -0.1) is 0 Å². The van der Waals surface area contributed by atoms with E-state index in [0.717, 1.165) is 29.7 Å². The van der Waals surface area contributed by atoms with Crippen molar-refractivity contribution in [3.8, 4) is 11.5 Å². The first-order valence-electron chi connectivity index (χ1n) is 5.99. The number of nitrogens with two attached hydrogens (primary N) is 1. The third-order valence-corrected chi connectivity index (χ3v) is 3.26. The minimum Gasteiger partial charge on any atom is -0.486 e. The van der Waals surface area contributed by atoms with Crippen LogP contribution in [0.4, 0.5) is 0 Å². The molecular weight excluding hydrogens is 238 g/mol. The monoisotopic (exact) mass is 255 g/mol. The van der Waals surface area contributed by atoms with Crippen molar-refractivity contribution in [3.05, 3.63) is 22.2 Å². The van der Waals surface area contributed by atoms with Crippen molar-refractivity contribution in [1.82, 2.24) is 0 Å². The number of hydrogen-bond acceptors (Lipinski definition) is 3. The van der Waals surface area contributed by atoms with Gasteiger partial charge in [-0.25, -0.2) is 0 Å². The summed E-state index contributed by atoms with van der Waals surface area (Å²) in [4.78, 5) is 0. The summed E-state index contributed by atoms with van der Waals surface area (Å²) in [7, 11) is 0. The Kier molecular flexibility index (Phi) is 3.79. The normalized spacial score (nSPS) is 15.8. The molecule has 4 heteroatoms. The molecule has 0 saturated carbocycles. The summed E-state index contributed by atoms with van der Waals surface area (Å²) < 4.78 is 11.1. The molecule has 0 aliphatic carbocycles.